The van der Waals surface area contributed by atoms with Gasteiger partial charge in [-0.25, -0.2) is 8.42 Å². The third kappa shape index (κ3) is 8.49. The summed E-state index contributed by atoms with van der Waals surface area (Å²) in [4.78, 5) is 29.1. The summed E-state index contributed by atoms with van der Waals surface area (Å²) in [7, 11) is -4.15. The van der Waals surface area contributed by atoms with Crippen molar-refractivity contribution in [1.29, 1.82) is 0 Å². The molecule has 0 radical (unpaired) electrons. The van der Waals surface area contributed by atoms with E-state index in [1.165, 1.54) is 17.0 Å². The molecule has 1 atom stereocenters. The Bertz CT molecular complexity index is 1500. The van der Waals surface area contributed by atoms with Gasteiger partial charge in [-0.2, -0.15) is 0 Å². The van der Waals surface area contributed by atoms with Crippen molar-refractivity contribution in [1.82, 2.24) is 10.2 Å². The van der Waals surface area contributed by atoms with Gasteiger partial charge in [-0.05, 0) is 86.2 Å². The molecule has 10 heteroatoms. The number of carbonyl (C=O) groups excluding carboxylic acids is 2. The Morgan fingerprint density at radius 2 is 1.50 bits per heavy atom. The first-order valence-electron chi connectivity index (χ1n) is 13.9. The van der Waals surface area contributed by atoms with Crippen molar-refractivity contribution >= 4 is 50.7 Å². The van der Waals surface area contributed by atoms with Gasteiger partial charge in [0.1, 0.15) is 12.6 Å². The molecule has 1 unspecified atom stereocenters. The minimum atomic E-state index is -4.15. The lowest BCUT2D eigenvalue weighted by Crippen LogP contribution is -2.52. The number of sulfonamides is 1. The summed E-state index contributed by atoms with van der Waals surface area (Å²) < 4.78 is 29.3. The maximum absolute atomic E-state index is 14.2. The van der Waals surface area contributed by atoms with Crippen LogP contribution in [0.3, 0.4) is 0 Å². The van der Waals surface area contributed by atoms with Crippen molar-refractivity contribution in [3.63, 3.8) is 0 Å². The maximum Gasteiger partial charge on any atom is 0.264 e. The number of halogens is 2. The Kier molecular flexibility index (Phi) is 11.5. The summed E-state index contributed by atoms with van der Waals surface area (Å²) in [5.74, 6) is -0.646. The zero-order valence-electron chi connectivity index (χ0n) is 24.9. The summed E-state index contributed by atoms with van der Waals surface area (Å²) in [6.07, 6.45) is 0.315. The third-order valence-electron chi connectivity index (χ3n) is 6.81. The monoisotopic (exact) mass is 631 g/mol. The molecule has 0 aromatic heterocycles. The van der Waals surface area contributed by atoms with Gasteiger partial charge >= 0.3 is 0 Å². The second-order valence-corrected chi connectivity index (χ2v) is 13.7. The molecule has 0 bridgehead atoms. The van der Waals surface area contributed by atoms with Crippen LogP contribution in [0.15, 0.2) is 65.6 Å². The van der Waals surface area contributed by atoms with Crippen LogP contribution >= 0.6 is 23.2 Å². The van der Waals surface area contributed by atoms with E-state index in [-0.39, 0.29) is 23.3 Å². The van der Waals surface area contributed by atoms with Gasteiger partial charge in [0.2, 0.25) is 11.8 Å². The predicted molar refractivity (Wildman–Crippen MR) is 171 cm³/mol. The van der Waals surface area contributed by atoms with Crippen LogP contribution < -0.4 is 9.62 Å². The van der Waals surface area contributed by atoms with Crippen LogP contribution in [0.25, 0.3) is 0 Å². The van der Waals surface area contributed by atoms with Gasteiger partial charge in [-0.1, -0.05) is 73.8 Å². The minimum Gasteiger partial charge on any atom is -0.354 e. The zero-order chi connectivity index (χ0) is 31.2. The summed E-state index contributed by atoms with van der Waals surface area (Å²) in [5.41, 5.74) is 3.57. The van der Waals surface area contributed by atoms with E-state index >= 15 is 0 Å². The van der Waals surface area contributed by atoms with E-state index in [0.29, 0.717) is 34.3 Å². The van der Waals surface area contributed by atoms with Crippen LogP contribution in [0.4, 0.5) is 5.69 Å². The topological polar surface area (TPSA) is 86.8 Å². The van der Waals surface area contributed by atoms with Crippen LogP contribution in [0.2, 0.25) is 10.0 Å². The van der Waals surface area contributed by atoms with Gasteiger partial charge in [0, 0.05) is 23.1 Å². The standard InChI is InChI=1S/C32H39Cl2N3O4S/c1-7-30(32(39)35-18-21(2)3)36(19-25-10-11-26(33)17-29(25)34)31(38)20-37(27-15-23(5)14-24(6)16-27)42(40,41)28-12-8-22(4)9-13-28/h8-17,21,30H,7,18-20H2,1-6H3,(H,35,39). The van der Waals surface area contributed by atoms with Gasteiger partial charge in [-0.15, -0.1) is 0 Å². The van der Waals surface area contributed by atoms with E-state index in [4.69, 9.17) is 23.2 Å². The summed E-state index contributed by atoms with van der Waals surface area (Å²) in [6.45, 7) is 11.3. The third-order valence-corrected chi connectivity index (χ3v) is 9.18. The first-order chi connectivity index (χ1) is 19.7. The van der Waals surface area contributed by atoms with Crippen LogP contribution in [-0.2, 0) is 26.2 Å². The summed E-state index contributed by atoms with van der Waals surface area (Å²) in [6, 6.07) is 16.0. The first kappa shape index (κ1) is 33.4. The number of nitrogens with one attached hydrogen (secondary N) is 1. The molecular weight excluding hydrogens is 593 g/mol. The first-order valence-corrected chi connectivity index (χ1v) is 16.1. The number of nitrogens with zero attached hydrogens (tertiary/aromatic N) is 2. The molecule has 42 heavy (non-hydrogen) atoms. The lowest BCUT2D eigenvalue weighted by Gasteiger charge is -2.33. The second-order valence-electron chi connectivity index (χ2n) is 11.0. The van der Waals surface area contributed by atoms with Gasteiger partial charge in [0.25, 0.3) is 10.0 Å². The Labute approximate surface area is 259 Å². The molecule has 0 aliphatic heterocycles. The Hall–Kier alpha value is -3.07. The van der Waals surface area contributed by atoms with Crippen molar-refractivity contribution in [2.24, 2.45) is 5.92 Å². The average Bonchev–Trinajstić information content (AvgIpc) is 2.91. The molecule has 226 valence electrons. The number of rotatable bonds is 12. The Morgan fingerprint density at radius 1 is 0.881 bits per heavy atom. The fraction of sp³-hybridized carbons (Fsp3) is 0.375. The lowest BCUT2D eigenvalue weighted by atomic mass is 10.1. The van der Waals surface area contributed by atoms with Crippen molar-refractivity contribution < 1.29 is 18.0 Å². The number of aryl methyl sites for hydroxylation is 3. The van der Waals surface area contributed by atoms with E-state index in [0.717, 1.165) is 21.0 Å². The Balaban J connectivity index is 2.10. The fourth-order valence-corrected chi connectivity index (χ4v) is 6.50. The highest BCUT2D eigenvalue weighted by molar-refractivity contribution is 7.92. The molecule has 0 aliphatic rings. The van der Waals surface area contributed by atoms with E-state index in [1.807, 2.05) is 47.6 Å². The number of hydrogen-bond donors (Lipinski definition) is 1. The number of anilines is 1. The molecule has 1 N–H and O–H groups in total. The van der Waals surface area contributed by atoms with Gasteiger partial charge < -0.3 is 10.2 Å². The number of amides is 2. The molecule has 2 amide bonds. The zero-order valence-corrected chi connectivity index (χ0v) is 27.3. The molecule has 3 aromatic rings. The van der Waals surface area contributed by atoms with Crippen molar-refractivity contribution in [2.75, 3.05) is 17.4 Å². The largest absolute Gasteiger partial charge is 0.354 e. The molecule has 0 fully saturated rings. The van der Waals surface area contributed by atoms with Crippen LogP contribution in [-0.4, -0.2) is 44.3 Å². The quantitative estimate of drug-likeness (QED) is 0.241. The highest BCUT2D eigenvalue weighted by Crippen LogP contribution is 2.28. The van der Waals surface area contributed by atoms with Gasteiger partial charge in [-0.3, -0.25) is 13.9 Å². The lowest BCUT2D eigenvalue weighted by molar-refractivity contribution is -0.140. The second kappa shape index (κ2) is 14.4. The molecule has 0 aliphatic carbocycles. The van der Waals surface area contributed by atoms with E-state index < -0.39 is 28.5 Å². The molecule has 0 spiro atoms. The van der Waals surface area contributed by atoms with E-state index in [1.54, 1.807) is 42.5 Å². The molecule has 3 aromatic carbocycles. The van der Waals surface area contributed by atoms with Gasteiger partial charge in [0.05, 0.1) is 10.6 Å². The summed E-state index contributed by atoms with van der Waals surface area (Å²) >= 11 is 12.6. The highest BCUT2D eigenvalue weighted by Gasteiger charge is 2.34. The highest BCUT2D eigenvalue weighted by atomic mass is 35.5. The van der Waals surface area contributed by atoms with Crippen molar-refractivity contribution in [3.05, 3.63) is 93.0 Å². The van der Waals surface area contributed by atoms with Crippen molar-refractivity contribution in [3.8, 4) is 0 Å². The molecule has 0 saturated heterocycles. The fourth-order valence-electron chi connectivity index (χ4n) is 4.64. The smallest absolute Gasteiger partial charge is 0.264 e. The van der Waals surface area contributed by atoms with Crippen LogP contribution in [0.5, 0.6) is 0 Å². The minimum absolute atomic E-state index is 0.00624. The van der Waals surface area contributed by atoms with E-state index in [9.17, 15) is 18.0 Å². The molecule has 3 rings (SSSR count). The van der Waals surface area contributed by atoms with Gasteiger partial charge in [0.15, 0.2) is 0 Å². The number of benzene rings is 3. The summed E-state index contributed by atoms with van der Waals surface area (Å²) in [5, 5.41) is 3.70. The van der Waals surface area contributed by atoms with Crippen molar-refractivity contribution in [2.45, 2.75) is 65.4 Å². The van der Waals surface area contributed by atoms with Crippen LogP contribution in [0.1, 0.15) is 49.4 Å². The SMILES string of the molecule is CCC(C(=O)NCC(C)C)N(Cc1ccc(Cl)cc1Cl)C(=O)CN(c1cc(C)cc(C)c1)S(=O)(=O)c1ccc(C)cc1. The number of carbonyl (C=O) groups is 2. The Morgan fingerprint density at radius 3 is 2.05 bits per heavy atom. The predicted octanol–water partition coefficient (Wildman–Crippen LogP) is 6.69. The number of hydrogen-bond acceptors (Lipinski definition) is 4. The molecule has 0 saturated carbocycles. The normalized spacial score (nSPS) is 12.2. The van der Waals surface area contributed by atoms with Crippen LogP contribution in [0, 0.1) is 26.7 Å². The molecule has 7 nitrogen and oxygen atoms in total. The average molecular weight is 633 g/mol. The molecule has 0 heterocycles. The molecular formula is C32H39Cl2N3O4S. The van der Waals surface area contributed by atoms with E-state index in [2.05, 4.69) is 5.32 Å². The maximum atomic E-state index is 14.2.